The van der Waals surface area contributed by atoms with Gasteiger partial charge in [0.1, 0.15) is 5.75 Å². The number of anilines is 1. The predicted molar refractivity (Wildman–Crippen MR) is 95.3 cm³/mol. The fourth-order valence-corrected chi connectivity index (χ4v) is 2.60. The summed E-state index contributed by atoms with van der Waals surface area (Å²) in [5.74, 6) is 0.632. The Kier molecular flexibility index (Phi) is 5.09. The van der Waals surface area contributed by atoms with Gasteiger partial charge < -0.3 is 10.1 Å². The Morgan fingerprint density at radius 3 is 2.22 bits per heavy atom. The fourth-order valence-electron chi connectivity index (χ4n) is 2.60. The number of para-hydroxylation sites is 1. The first-order valence-electron chi connectivity index (χ1n) is 7.91. The minimum absolute atomic E-state index is 0.138. The summed E-state index contributed by atoms with van der Waals surface area (Å²) in [6.45, 7) is 11.8. The second-order valence-electron chi connectivity index (χ2n) is 6.22. The van der Waals surface area contributed by atoms with Crippen molar-refractivity contribution in [3.8, 4) is 5.75 Å². The summed E-state index contributed by atoms with van der Waals surface area (Å²) in [6.07, 6.45) is -0.561. The van der Waals surface area contributed by atoms with Gasteiger partial charge in [-0.2, -0.15) is 0 Å². The van der Waals surface area contributed by atoms with E-state index in [1.165, 1.54) is 5.56 Å². The molecule has 0 saturated carbocycles. The van der Waals surface area contributed by atoms with E-state index in [1.807, 2.05) is 52.0 Å². The molecule has 1 N–H and O–H groups in total. The van der Waals surface area contributed by atoms with Crippen LogP contribution in [0.5, 0.6) is 5.75 Å². The highest BCUT2D eigenvalue weighted by Crippen LogP contribution is 2.25. The maximum atomic E-state index is 12.5. The average molecular weight is 311 g/mol. The summed E-state index contributed by atoms with van der Waals surface area (Å²) in [6, 6.07) is 10.1. The van der Waals surface area contributed by atoms with Gasteiger partial charge in [-0.25, -0.2) is 0 Å². The lowest BCUT2D eigenvalue weighted by Gasteiger charge is -2.19. The Morgan fingerprint density at radius 2 is 1.61 bits per heavy atom. The lowest BCUT2D eigenvalue weighted by atomic mass is 10.1. The van der Waals surface area contributed by atoms with E-state index in [-0.39, 0.29) is 5.91 Å². The molecule has 0 fully saturated rings. The molecule has 1 amide bonds. The number of hydrogen-bond donors (Lipinski definition) is 1. The summed E-state index contributed by atoms with van der Waals surface area (Å²) in [7, 11) is 0. The number of hydrogen-bond acceptors (Lipinski definition) is 2. The van der Waals surface area contributed by atoms with Crippen LogP contribution in [0.25, 0.3) is 0 Å². The second-order valence-corrected chi connectivity index (χ2v) is 6.22. The predicted octanol–water partition coefficient (Wildman–Crippen LogP) is 4.63. The first-order chi connectivity index (χ1) is 10.8. The molecule has 0 aromatic heterocycles. The van der Waals surface area contributed by atoms with Crippen LogP contribution in [-0.2, 0) is 4.79 Å². The van der Waals surface area contributed by atoms with Crippen LogP contribution in [0.15, 0.2) is 30.3 Å². The van der Waals surface area contributed by atoms with Gasteiger partial charge in [0, 0.05) is 5.69 Å². The lowest BCUT2D eigenvalue weighted by Crippen LogP contribution is -2.31. The highest BCUT2D eigenvalue weighted by molar-refractivity contribution is 5.95. The Labute approximate surface area is 138 Å². The summed E-state index contributed by atoms with van der Waals surface area (Å²) in [5, 5.41) is 2.98. The summed E-state index contributed by atoms with van der Waals surface area (Å²) >= 11 is 0. The lowest BCUT2D eigenvalue weighted by molar-refractivity contribution is -0.122. The molecule has 0 aliphatic carbocycles. The monoisotopic (exact) mass is 311 g/mol. The number of benzene rings is 2. The van der Waals surface area contributed by atoms with Crippen LogP contribution >= 0.6 is 0 Å². The topological polar surface area (TPSA) is 38.3 Å². The molecule has 0 unspecified atom stereocenters. The van der Waals surface area contributed by atoms with Gasteiger partial charge in [-0.3, -0.25) is 4.79 Å². The smallest absolute Gasteiger partial charge is 0.265 e. The van der Waals surface area contributed by atoms with Gasteiger partial charge in [-0.1, -0.05) is 24.3 Å². The third-order valence-corrected chi connectivity index (χ3v) is 4.17. The van der Waals surface area contributed by atoms with Crippen LogP contribution in [0.3, 0.4) is 0 Å². The molecule has 122 valence electrons. The van der Waals surface area contributed by atoms with Gasteiger partial charge in [-0.15, -0.1) is 0 Å². The van der Waals surface area contributed by atoms with Crippen molar-refractivity contribution in [1.29, 1.82) is 0 Å². The first-order valence-corrected chi connectivity index (χ1v) is 7.91. The minimum atomic E-state index is -0.561. The molecular weight excluding hydrogens is 286 g/mol. The third-order valence-electron chi connectivity index (χ3n) is 4.17. The number of nitrogens with one attached hydrogen (secondary N) is 1. The fraction of sp³-hybridized carbons (Fsp3) is 0.350. The molecule has 2 rings (SSSR count). The van der Waals surface area contributed by atoms with Crippen molar-refractivity contribution in [3.63, 3.8) is 0 Å². The normalized spacial score (nSPS) is 11.9. The molecule has 3 heteroatoms. The number of aryl methyl sites for hydroxylation is 4. The van der Waals surface area contributed by atoms with E-state index in [2.05, 4.69) is 18.3 Å². The van der Waals surface area contributed by atoms with Crippen LogP contribution in [0.4, 0.5) is 5.69 Å². The van der Waals surface area contributed by atoms with Gasteiger partial charge in [0.2, 0.25) is 0 Å². The third kappa shape index (κ3) is 3.92. The van der Waals surface area contributed by atoms with Gasteiger partial charge >= 0.3 is 0 Å². The molecule has 2 aromatic carbocycles. The van der Waals surface area contributed by atoms with E-state index in [0.717, 1.165) is 33.7 Å². The van der Waals surface area contributed by atoms with Crippen LogP contribution in [0, 0.1) is 34.6 Å². The molecule has 0 saturated heterocycles. The van der Waals surface area contributed by atoms with Crippen molar-refractivity contribution >= 4 is 11.6 Å². The zero-order valence-electron chi connectivity index (χ0n) is 14.8. The van der Waals surface area contributed by atoms with Gasteiger partial charge in [0.25, 0.3) is 5.91 Å². The van der Waals surface area contributed by atoms with Crippen molar-refractivity contribution in [3.05, 3.63) is 58.1 Å². The second kappa shape index (κ2) is 6.86. The van der Waals surface area contributed by atoms with E-state index in [1.54, 1.807) is 6.92 Å². The zero-order valence-corrected chi connectivity index (χ0v) is 14.8. The first kappa shape index (κ1) is 17.1. The largest absolute Gasteiger partial charge is 0.481 e. The van der Waals surface area contributed by atoms with Crippen LogP contribution in [0.2, 0.25) is 0 Å². The number of rotatable bonds is 4. The highest BCUT2D eigenvalue weighted by atomic mass is 16.5. The molecule has 0 spiro atoms. The number of amides is 1. The molecule has 0 heterocycles. The highest BCUT2D eigenvalue weighted by Gasteiger charge is 2.18. The molecule has 0 bridgehead atoms. The van der Waals surface area contributed by atoms with Crippen LogP contribution < -0.4 is 10.1 Å². The SMILES string of the molecule is Cc1cc(C)c(C)c(O[C@@H](C)C(=O)Nc2c(C)cccc2C)c1. The van der Waals surface area contributed by atoms with E-state index in [4.69, 9.17) is 4.74 Å². The van der Waals surface area contributed by atoms with Crippen molar-refractivity contribution in [2.75, 3.05) is 5.32 Å². The molecule has 0 radical (unpaired) electrons. The molecule has 0 aliphatic heterocycles. The zero-order chi connectivity index (χ0) is 17.1. The molecule has 3 nitrogen and oxygen atoms in total. The molecule has 0 aliphatic rings. The van der Waals surface area contributed by atoms with E-state index < -0.39 is 6.10 Å². The van der Waals surface area contributed by atoms with Crippen molar-refractivity contribution in [2.45, 2.75) is 47.6 Å². The molecule has 1 atom stereocenters. The number of ether oxygens (including phenoxy) is 1. The molecule has 23 heavy (non-hydrogen) atoms. The summed E-state index contributed by atoms with van der Waals surface area (Å²) in [4.78, 5) is 12.5. The Hall–Kier alpha value is -2.29. The van der Waals surface area contributed by atoms with E-state index in [0.29, 0.717) is 0 Å². The standard InChI is InChI=1S/C20H25NO2/c1-12-10-15(4)16(5)18(11-12)23-17(6)20(22)21-19-13(2)8-7-9-14(19)3/h7-11,17H,1-6H3,(H,21,22)/t17-/m0/s1. The van der Waals surface area contributed by atoms with Crippen molar-refractivity contribution < 1.29 is 9.53 Å². The minimum Gasteiger partial charge on any atom is -0.481 e. The number of carbonyl (C=O) groups is 1. The Balaban J connectivity index is 2.15. The van der Waals surface area contributed by atoms with Gasteiger partial charge in [-0.05, 0) is 75.4 Å². The average Bonchev–Trinajstić information content (AvgIpc) is 2.47. The summed E-state index contributed by atoms with van der Waals surface area (Å²) < 4.78 is 5.91. The van der Waals surface area contributed by atoms with Crippen molar-refractivity contribution in [1.82, 2.24) is 0 Å². The Morgan fingerprint density at radius 1 is 1.00 bits per heavy atom. The molecule has 2 aromatic rings. The number of carbonyl (C=O) groups excluding carboxylic acids is 1. The maximum absolute atomic E-state index is 12.5. The molecular formula is C20H25NO2. The van der Waals surface area contributed by atoms with E-state index >= 15 is 0 Å². The maximum Gasteiger partial charge on any atom is 0.265 e. The van der Waals surface area contributed by atoms with Crippen LogP contribution in [-0.4, -0.2) is 12.0 Å². The summed E-state index contributed by atoms with van der Waals surface area (Å²) in [5.41, 5.74) is 6.33. The Bertz CT molecular complexity index is 714. The van der Waals surface area contributed by atoms with Gasteiger partial charge in [0.15, 0.2) is 6.10 Å². The van der Waals surface area contributed by atoms with Crippen molar-refractivity contribution in [2.24, 2.45) is 0 Å². The van der Waals surface area contributed by atoms with Crippen LogP contribution in [0.1, 0.15) is 34.7 Å². The quantitative estimate of drug-likeness (QED) is 0.893. The van der Waals surface area contributed by atoms with Gasteiger partial charge in [0.05, 0.1) is 0 Å². The van der Waals surface area contributed by atoms with E-state index in [9.17, 15) is 4.79 Å².